The van der Waals surface area contributed by atoms with Crippen LogP contribution in [0.1, 0.15) is 18.4 Å². The van der Waals surface area contributed by atoms with Crippen LogP contribution in [0.4, 0.5) is 0 Å². The molecule has 3 rings (SSSR count). The van der Waals surface area contributed by atoms with Crippen molar-refractivity contribution in [2.45, 2.75) is 24.8 Å². The monoisotopic (exact) mass is 368 g/mol. The van der Waals surface area contributed by atoms with Crippen molar-refractivity contribution in [3.63, 3.8) is 0 Å². The van der Waals surface area contributed by atoms with E-state index in [0.29, 0.717) is 6.42 Å². The first-order valence-corrected chi connectivity index (χ1v) is 10.1. The van der Waals surface area contributed by atoms with Gasteiger partial charge in [-0.05, 0) is 36.3 Å². The number of hydrogen-bond acceptors (Lipinski definition) is 4. The van der Waals surface area contributed by atoms with Crippen molar-refractivity contribution < 1.29 is 9.53 Å². The molecule has 132 valence electrons. The van der Waals surface area contributed by atoms with Gasteiger partial charge in [0.15, 0.2) is 0 Å². The Bertz CT molecular complexity index is 558. The van der Waals surface area contributed by atoms with Crippen molar-refractivity contribution >= 4 is 29.3 Å². The van der Waals surface area contributed by atoms with Crippen molar-refractivity contribution in [3.8, 4) is 0 Å². The van der Waals surface area contributed by atoms with E-state index in [1.165, 1.54) is 5.75 Å². The second-order valence-corrected chi connectivity index (χ2v) is 8.07. The summed E-state index contributed by atoms with van der Waals surface area (Å²) in [7, 11) is 0. The fourth-order valence-electron chi connectivity index (χ4n) is 3.44. The maximum atomic E-state index is 12.3. The lowest BCUT2D eigenvalue weighted by molar-refractivity contribution is -0.121. The fraction of sp³-hybridized carbons (Fsp3) is 0.611. The SMILES string of the molecule is O=C(CCc1cccc(Cl)c1)NCC1(N2CCOCC2)CCSC1. The van der Waals surface area contributed by atoms with E-state index in [1.54, 1.807) is 0 Å². The van der Waals surface area contributed by atoms with Crippen LogP contribution in [-0.4, -0.2) is 60.7 Å². The average molecular weight is 369 g/mol. The van der Waals surface area contributed by atoms with Gasteiger partial charge in [-0.15, -0.1) is 0 Å². The molecule has 6 heteroatoms. The van der Waals surface area contributed by atoms with Gasteiger partial charge in [0.05, 0.1) is 13.2 Å². The normalized spacial score (nSPS) is 24.9. The lowest BCUT2D eigenvalue weighted by Gasteiger charge is -2.43. The molecule has 0 aliphatic carbocycles. The topological polar surface area (TPSA) is 41.6 Å². The van der Waals surface area contributed by atoms with E-state index in [9.17, 15) is 4.79 Å². The van der Waals surface area contributed by atoms with Crippen LogP contribution in [0.5, 0.6) is 0 Å². The van der Waals surface area contributed by atoms with E-state index in [-0.39, 0.29) is 11.4 Å². The van der Waals surface area contributed by atoms with Gasteiger partial charge < -0.3 is 10.1 Å². The van der Waals surface area contributed by atoms with Crippen LogP contribution in [0.2, 0.25) is 5.02 Å². The highest BCUT2D eigenvalue weighted by Crippen LogP contribution is 2.33. The fourth-order valence-corrected chi connectivity index (χ4v) is 5.13. The molecule has 1 amide bonds. The summed E-state index contributed by atoms with van der Waals surface area (Å²) in [6.45, 7) is 4.29. The van der Waals surface area contributed by atoms with E-state index < -0.39 is 0 Å². The number of carbonyl (C=O) groups is 1. The standard InChI is InChI=1S/C18H25ClN2O2S/c19-16-3-1-2-15(12-16)4-5-17(22)20-13-18(6-11-24-14-18)21-7-9-23-10-8-21/h1-3,12H,4-11,13-14H2,(H,20,22). The number of nitrogens with zero attached hydrogens (tertiary/aromatic N) is 1. The Kier molecular flexibility index (Phi) is 6.44. The molecule has 0 radical (unpaired) electrons. The predicted octanol–water partition coefficient (Wildman–Crippen LogP) is 2.60. The first kappa shape index (κ1) is 18.1. The first-order chi connectivity index (χ1) is 11.7. The predicted molar refractivity (Wildman–Crippen MR) is 99.8 cm³/mol. The van der Waals surface area contributed by atoms with Gasteiger partial charge in [0.1, 0.15) is 0 Å². The smallest absolute Gasteiger partial charge is 0.220 e. The number of morpholine rings is 1. The highest BCUT2D eigenvalue weighted by atomic mass is 35.5. The summed E-state index contributed by atoms with van der Waals surface area (Å²) < 4.78 is 5.48. The zero-order valence-corrected chi connectivity index (χ0v) is 15.5. The molecule has 4 nitrogen and oxygen atoms in total. The van der Waals surface area contributed by atoms with Crippen LogP contribution in [0.25, 0.3) is 0 Å². The molecule has 0 aromatic heterocycles. The first-order valence-electron chi connectivity index (χ1n) is 8.60. The van der Waals surface area contributed by atoms with Gasteiger partial charge in [0.25, 0.3) is 0 Å². The summed E-state index contributed by atoms with van der Waals surface area (Å²) in [6, 6.07) is 7.73. The molecular formula is C18H25ClN2O2S. The van der Waals surface area contributed by atoms with Crippen molar-refractivity contribution in [2.75, 3.05) is 44.4 Å². The number of halogens is 1. The number of nitrogens with one attached hydrogen (secondary N) is 1. The van der Waals surface area contributed by atoms with Crippen molar-refractivity contribution in [2.24, 2.45) is 0 Å². The molecule has 2 aliphatic rings. The maximum absolute atomic E-state index is 12.3. The number of ether oxygens (including phenoxy) is 1. The second kappa shape index (κ2) is 8.56. The van der Waals surface area contributed by atoms with E-state index >= 15 is 0 Å². The van der Waals surface area contributed by atoms with Gasteiger partial charge in [-0.2, -0.15) is 11.8 Å². The summed E-state index contributed by atoms with van der Waals surface area (Å²) in [4.78, 5) is 14.8. The molecular weight excluding hydrogens is 344 g/mol. The van der Waals surface area contributed by atoms with Crippen LogP contribution in [-0.2, 0) is 16.0 Å². The van der Waals surface area contributed by atoms with Gasteiger partial charge in [-0.1, -0.05) is 23.7 Å². The second-order valence-electron chi connectivity index (χ2n) is 6.53. The van der Waals surface area contributed by atoms with Gasteiger partial charge in [0, 0.05) is 42.4 Å². The minimum Gasteiger partial charge on any atom is -0.379 e. The third-order valence-corrected chi connectivity index (χ3v) is 6.38. The quantitative estimate of drug-likeness (QED) is 0.838. The van der Waals surface area contributed by atoms with Gasteiger partial charge in [-0.25, -0.2) is 0 Å². The number of rotatable bonds is 6. The molecule has 1 unspecified atom stereocenters. The summed E-state index contributed by atoms with van der Waals surface area (Å²) in [5.41, 5.74) is 1.22. The number of benzene rings is 1. The van der Waals surface area contributed by atoms with Crippen LogP contribution in [0.15, 0.2) is 24.3 Å². The molecule has 0 spiro atoms. The summed E-state index contributed by atoms with van der Waals surface area (Å²) >= 11 is 7.98. The Morgan fingerprint density at radius 3 is 2.92 bits per heavy atom. The molecule has 0 saturated carbocycles. The molecule has 24 heavy (non-hydrogen) atoms. The number of amides is 1. The summed E-state index contributed by atoms with van der Waals surface area (Å²) in [5, 5.41) is 3.90. The van der Waals surface area contributed by atoms with Gasteiger partial charge in [0.2, 0.25) is 5.91 Å². The van der Waals surface area contributed by atoms with Crippen molar-refractivity contribution in [3.05, 3.63) is 34.9 Å². The van der Waals surface area contributed by atoms with Crippen LogP contribution in [0.3, 0.4) is 0 Å². The van der Waals surface area contributed by atoms with Crippen LogP contribution >= 0.6 is 23.4 Å². The van der Waals surface area contributed by atoms with Crippen molar-refractivity contribution in [1.29, 1.82) is 0 Å². The summed E-state index contributed by atoms with van der Waals surface area (Å²) in [5.74, 6) is 2.40. The minimum atomic E-state index is 0.111. The Balaban J connectivity index is 1.50. The Hall–Kier alpha value is -0.750. The third-order valence-electron chi connectivity index (χ3n) is 4.91. The molecule has 2 saturated heterocycles. The molecule has 1 N–H and O–H groups in total. The van der Waals surface area contributed by atoms with Crippen LogP contribution < -0.4 is 5.32 Å². The molecule has 1 aromatic carbocycles. The highest BCUT2D eigenvalue weighted by Gasteiger charge is 2.40. The van der Waals surface area contributed by atoms with Crippen molar-refractivity contribution in [1.82, 2.24) is 10.2 Å². The zero-order chi connectivity index (χ0) is 16.8. The lowest BCUT2D eigenvalue weighted by atomic mass is 9.95. The minimum absolute atomic E-state index is 0.111. The Labute approximate surface area is 153 Å². The van der Waals surface area contributed by atoms with Crippen LogP contribution in [0, 0.1) is 0 Å². The largest absolute Gasteiger partial charge is 0.379 e. The van der Waals surface area contributed by atoms with E-state index in [2.05, 4.69) is 10.2 Å². The number of carbonyl (C=O) groups excluding carboxylic acids is 1. The number of thioether (sulfide) groups is 1. The Morgan fingerprint density at radius 2 is 2.21 bits per heavy atom. The Morgan fingerprint density at radius 1 is 1.38 bits per heavy atom. The molecule has 1 atom stereocenters. The third kappa shape index (κ3) is 4.66. The molecule has 0 bridgehead atoms. The highest BCUT2D eigenvalue weighted by molar-refractivity contribution is 7.99. The number of hydrogen-bond donors (Lipinski definition) is 1. The number of aryl methyl sites for hydroxylation is 1. The summed E-state index contributed by atoms with van der Waals surface area (Å²) in [6.07, 6.45) is 2.38. The maximum Gasteiger partial charge on any atom is 0.220 e. The average Bonchev–Trinajstić information content (AvgIpc) is 3.09. The van der Waals surface area contributed by atoms with Gasteiger partial charge >= 0.3 is 0 Å². The zero-order valence-electron chi connectivity index (χ0n) is 13.9. The van der Waals surface area contributed by atoms with E-state index in [0.717, 1.165) is 62.0 Å². The lowest BCUT2D eigenvalue weighted by Crippen LogP contribution is -2.59. The molecule has 2 heterocycles. The molecule has 2 fully saturated rings. The molecule has 1 aromatic rings. The van der Waals surface area contributed by atoms with E-state index in [1.807, 2.05) is 36.0 Å². The van der Waals surface area contributed by atoms with Gasteiger partial charge in [-0.3, -0.25) is 9.69 Å². The van der Waals surface area contributed by atoms with E-state index in [4.69, 9.17) is 16.3 Å². The molecule has 2 aliphatic heterocycles.